The number of carbonyl (C=O) groups excluding carboxylic acids is 2. The summed E-state index contributed by atoms with van der Waals surface area (Å²) in [5.74, 6) is -0.452. The maximum Gasteiger partial charge on any atom is 0.315 e. The number of carbonyl (C=O) groups is 2. The van der Waals surface area contributed by atoms with Crippen molar-refractivity contribution in [2.24, 2.45) is 5.92 Å². The Morgan fingerprint density at radius 1 is 0.935 bits per heavy atom. The van der Waals surface area contributed by atoms with Gasteiger partial charge < -0.3 is 16.0 Å². The van der Waals surface area contributed by atoms with Crippen molar-refractivity contribution in [1.29, 1.82) is 0 Å². The van der Waals surface area contributed by atoms with Gasteiger partial charge in [-0.3, -0.25) is 9.52 Å². The fraction of sp³-hybridized carbons (Fsp3) is 0.364. The molecule has 8 nitrogen and oxygen atoms in total. The number of anilines is 1. The molecule has 9 heteroatoms. The zero-order chi connectivity index (χ0) is 23.0. The van der Waals surface area contributed by atoms with Crippen molar-refractivity contribution >= 4 is 27.6 Å². The first-order valence-electron chi connectivity index (χ1n) is 10.0. The summed E-state index contributed by atoms with van der Waals surface area (Å²) in [6.45, 7) is 5.85. The van der Waals surface area contributed by atoms with Gasteiger partial charge in [0.2, 0.25) is 15.9 Å². The van der Waals surface area contributed by atoms with E-state index < -0.39 is 22.1 Å². The highest BCUT2D eigenvalue weighted by atomic mass is 32.2. The number of sulfonamides is 1. The molecular weight excluding hydrogens is 416 g/mol. The Balaban J connectivity index is 1.98. The zero-order valence-corrected chi connectivity index (χ0v) is 19.0. The van der Waals surface area contributed by atoms with Gasteiger partial charge >= 0.3 is 6.03 Å². The topological polar surface area (TPSA) is 116 Å². The van der Waals surface area contributed by atoms with E-state index in [9.17, 15) is 18.0 Å². The molecule has 2 unspecified atom stereocenters. The molecule has 0 bridgehead atoms. The number of hydrogen-bond donors (Lipinski definition) is 4. The summed E-state index contributed by atoms with van der Waals surface area (Å²) >= 11 is 0. The van der Waals surface area contributed by atoms with Crippen LogP contribution in [-0.2, 0) is 21.4 Å². The van der Waals surface area contributed by atoms with Crippen LogP contribution >= 0.6 is 0 Å². The minimum atomic E-state index is -3.40. The van der Waals surface area contributed by atoms with E-state index in [0.717, 1.165) is 17.4 Å². The molecule has 2 rings (SSSR count). The van der Waals surface area contributed by atoms with E-state index in [1.165, 1.54) is 0 Å². The SMILES string of the molecule is CC(NC(=O)C(NC(=O)NCc1ccccc1)C(C)C)c1cccc(NS(C)(=O)=O)c1. The maximum atomic E-state index is 12.8. The smallest absolute Gasteiger partial charge is 0.315 e. The van der Waals surface area contributed by atoms with Gasteiger partial charge in [0.05, 0.1) is 12.3 Å². The summed E-state index contributed by atoms with van der Waals surface area (Å²) in [5, 5.41) is 8.38. The van der Waals surface area contributed by atoms with E-state index in [1.807, 2.05) is 44.2 Å². The van der Waals surface area contributed by atoms with Crippen molar-refractivity contribution in [3.05, 3.63) is 65.7 Å². The molecule has 0 aliphatic heterocycles. The van der Waals surface area contributed by atoms with Crippen LogP contribution in [0.2, 0.25) is 0 Å². The molecule has 0 fully saturated rings. The van der Waals surface area contributed by atoms with Gasteiger partial charge in [0.1, 0.15) is 6.04 Å². The molecule has 0 heterocycles. The first-order valence-corrected chi connectivity index (χ1v) is 11.9. The van der Waals surface area contributed by atoms with Crippen LogP contribution in [0.3, 0.4) is 0 Å². The number of nitrogens with one attached hydrogen (secondary N) is 4. The Kier molecular flexibility index (Phi) is 8.44. The summed E-state index contributed by atoms with van der Waals surface area (Å²) in [5.41, 5.74) is 2.11. The Bertz CT molecular complexity index is 994. The zero-order valence-electron chi connectivity index (χ0n) is 18.2. The third-order valence-corrected chi connectivity index (χ3v) is 5.19. The molecule has 3 amide bonds. The Morgan fingerprint density at radius 3 is 2.23 bits per heavy atom. The Labute approximate surface area is 183 Å². The third kappa shape index (κ3) is 8.29. The molecule has 0 spiro atoms. The predicted octanol–water partition coefficient (Wildman–Crippen LogP) is 2.76. The summed E-state index contributed by atoms with van der Waals surface area (Å²) in [6.07, 6.45) is 1.08. The van der Waals surface area contributed by atoms with Crippen LogP contribution in [0.5, 0.6) is 0 Å². The van der Waals surface area contributed by atoms with Crippen LogP contribution in [0.15, 0.2) is 54.6 Å². The second-order valence-corrected chi connectivity index (χ2v) is 9.51. The normalized spacial score (nSPS) is 13.2. The van der Waals surface area contributed by atoms with Gasteiger partial charge in [-0.1, -0.05) is 56.3 Å². The predicted molar refractivity (Wildman–Crippen MR) is 122 cm³/mol. The lowest BCUT2D eigenvalue weighted by Gasteiger charge is -2.24. The van der Waals surface area contributed by atoms with Crippen LogP contribution in [0.1, 0.15) is 37.9 Å². The summed E-state index contributed by atoms with van der Waals surface area (Å²) in [6, 6.07) is 14.8. The molecule has 2 atom stereocenters. The maximum absolute atomic E-state index is 12.8. The Morgan fingerprint density at radius 2 is 1.61 bits per heavy atom. The standard InChI is InChI=1S/C22H30N4O4S/c1-15(2)20(25-22(28)23-14-17-9-6-5-7-10-17)21(27)24-16(3)18-11-8-12-19(13-18)26-31(4,29)30/h5-13,15-16,20,26H,14H2,1-4H3,(H,24,27)(H2,23,25,28). The molecule has 4 N–H and O–H groups in total. The quantitative estimate of drug-likeness (QED) is 0.474. The van der Waals surface area contributed by atoms with Gasteiger partial charge in [-0.15, -0.1) is 0 Å². The van der Waals surface area contributed by atoms with E-state index in [1.54, 1.807) is 31.2 Å². The van der Waals surface area contributed by atoms with Crippen molar-refractivity contribution in [2.45, 2.75) is 39.4 Å². The van der Waals surface area contributed by atoms with Gasteiger partial charge in [-0.05, 0) is 36.1 Å². The number of hydrogen-bond acceptors (Lipinski definition) is 4. The van der Waals surface area contributed by atoms with Gasteiger partial charge in [0.15, 0.2) is 0 Å². The highest BCUT2D eigenvalue weighted by Gasteiger charge is 2.25. The second kappa shape index (κ2) is 10.8. The van der Waals surface area contributed by atoms with Crippen molar-refractivity contribution in [3.63, 3.8) is 0 Å². The molecule has 0 saturated heterocycles. The molecule has 31 heavy (non-hydrogen) atoms. The van der Waals surface area contributed by atoms with E-state index >= 15 is 0 Å². The molecule has 2 aromatic rings. The van der Waals surface area contributed by atoms with Gasteiger partial charge in [-0.25, -0.2) is 13.2 Å². The number of urea groups is 1. The lowest BCUT2D eigenvalue weighted by atomic mass is 10.0. The monoisotopic (exact) mass is 446 g/mol. The van der Waals surface area contributed by atoms with E-state index in [0.29, 0.717) is 12.2 Å². The van der Waals surface area contributed by atoms with Crippen LogP contribution in [0, 0.1) is 5.92 Å². The fourth-order valence-electron chi connectivity index (χ4n) is 2.98. The Hall–Kier alpha value is -3.07. The van der Waals surface area contributed by atoms with Crippen LogP contribution < -0.4 is 20.7 Å². The first kappa shape index (κ1) is 24.2. The number of benzene rings is 2. The first-order chi connectivity index (χ1) is 14.5. The molecule has 0 aliphatic carbocycles. The van der Waals surface area contributed by atoms with E-state index in [2.05, 4.69) is 20.7 Å². The lowest BCUT2D eigenvalue weighted by molar-refractivity contribution is -0.124. The van der Waals surface area contributed by atoms with Crippen molar-refractivity contribution in [3.8, 4) is 0 Å². The fourth-order valence-corrected chi connectivity index (χ4v) is 3.53. The highest BCUT2D eigenvalue weighted by molar-refractivity contribution is 7.92. The second-order valence-electron chi connectivity index (χ2n) is 7.76. The summed E-state index contributed by atoms with van der Waals surface area (Å²) < 4.78 is 25.3. The lowest BCUT2D eigenvalue weighted by Crippen LogP contribution is -2.52. The van der Waals surface area contributed by atoms with Crippen LogP contribution in [0.4, 0.5) is 10.5 Å². The molecule has 0 aliphatic rings. The third-order valence-electron chi connectivity index (χ3n) is 4.58. The van der Waals surface area contributed by atoms with Gasteiger partial charge in [0, 0.05) is 12.2 Å². The minimum Gasteiger partial charge on any atom is -0.348 e. The average Bonchev–Trinajstić information content (AvgIpc) is 2.69. The van der Waals surface area contributed by atoms with Crippen molar-refractivity contribution in [2.75, 3.05) is 11.0 Å². The molecule has 0 aromatic heterocycles. The van der Waals surface area contributed by atoms with Crippen LogP contribution in [-0.4, -0.2) is 32.7 Å². The molecule has 2 aromatic carbocycles. The summed E-state index contributed by atoms with van der Waals surface area (Å²) in [4.78, 5) is 25.1. The number of amides is 3. The molecule has 168 valence electrons. The molecule has 0 radical (unpaired) electrons. The largest absolute Gasteiger partial charge is 0.348 e. The van der Waals surface area contributed by atoms with Crippen molar-refractivity contribution in [1.82, 2.24) is 16.0 Å². The van der Waals surface area contributed by atoms with Crippen LogP contribution in [0.25, 0.3) is 0 Å². The molecular formula is C22H30N4O4S. The van der Waals surface area contributed by atoms with Gasteiger partial charge in [0.25, 0.3) is 0 Å². The minimum absolute atomic E-state index is 0.132. The summed E-state index contributed by atoms with van der Waals surface area (Å²) in [7, 11) is -3.40. The van der Waals surface area contributed by atoms with E-state index in [-0.39, 0.29) is 17.9 Å². The van der Waals surface area contributed by atoms with Gasteiger partial charge in [-0.2, -0.15) is 0 Å². The van der Waals surface area contributed by atoms with E-state index in [4.69, 9.17) is 0 Å². The average molecular weight is 447 g/mol. The number of rotatable bonds is 9. The molecule has 0 saturated carbocycles. The highest BCUT2D eigenvalue weighted by Crippen LogP contribution is 2.18. The van der Waals surface area contributed by atoms with Crippen molar-refractivity contribution < 1.29 is 18.0 Å².